The van der Waals surface area contributed by atoms with Gasteiger partial charge in [-0.3, -0.25) is 9.59 Å². The SMILES string of the molecule is Cc1ccc(F)cc1NC(=O)C(=O)NC(CO)c1ccccc1. The van der Waals surface area contributed by atoms with E-state index >= 15 is 0 Å². The summed E-state index contributed by atoms with van der Waals surface area (Å²) in [7, 11) is 0. The minimum absolute atomic E-state index is 0.227. The summed E-state index contributed by atoms with van der Waals surface area (Å²) in [5, 5.41) is 14.2. The summed E-state index contributed by atoms with van der Waals surface area (Å²) in [4.78, 5) is 23.9. The molecule has 1 unspecified atom stereocenters. The number of benzene rings is 2. The van der Waals surface area contributed by atoms with Crippen LogP contribution in [0.3, 0.4) is 0 Å². The molecule has 3 N–H and O–H groups in total. The zero-order chi connectivity index (χ0) is 16.8. The van der Waals surface area contributed by atoms with Gasteiger partial charge in [-0.15, -0.1) is 0 Å². The van der Waals surface area contributed by atoms with Crippen LogP contribution in [0.4, 0.5) is 10.1 Å². The molecule has 2 aromatic carbocycles. The van der Waals surface area contributed by atoms with Gasteiger partial charge in [0.05, 0.1) is 12.6 Å². The minimum atomic E-state index is -0.923. The third kappa shape index (κ3) is 4.37. The summed E-state index contributed by atoms with van der Waals surface area (Å²) in [6.07, 6.45) is 0. The Hall–Kier alpha value is -2.73. The maximum atomic E-state index is 13.2. The van der Waals surface area contributed by atoms with Crippen molar-refractivity contribution in [2.24, 2.45) is 0 Å². The highest BCUT2D eigenvalue weighted by Gasteiger charge is 2.20. The van der Waals surface area contributed by atoms with Gasteiger partial charge in [0.25, 0.3) is 0 Å². The molecule has 0 aliphatic carbocycles. The second kappa shape index (κ2) is 7.51. The largest absolute Gasteiger partial charge is 0.394 e. The van der Waals surface area contributed by atoms with Crippen molar-refractivity contribution in [3.05, 3.63) is 65.5 Å². The summed E-state index contributed by atoms with van der Waals surface area (Å²) in [6.45, 7) is 1.34. The normalized spacial score (nSPS) is 11.6. The van der Waals surface area contributed by atoms with E-state index in [1.807, 2.05) is 0 Å². The molecule has 6 heteroatoms. The molecular formula is C17H17FN2O3. The van der Waals surface area contributed by atoms with Crippen LogP contribution in [0.25, 0.3) is 0 Å². The van der Waals surface area contributed by atoms with E-state index in [4.69, 9.17) is 0 Å². The molecule has 23 heavy (non-hydrogen) atoms. The highest BCUT2D eigenvalue weighted by Crippen LogP contribution is 2.16. The Morgan fingerprint density at radius 3 is 2.48 bits per heavy atom. The molecular weight excluding hydrogens is 299 g/mol. The Labute approximate surface area is 133 Å². The van der Waals surface area contributed by atoms with Crippen LogP contribution in [0.15, 0.2) is 48.5 Å². The molecule has 0 aliphatic rings. The summed E-state index contributed by atoms with van der Waals surface area (Å²) in [6, 6.07) is 12.0. The lowest BCUT2D eigenvalue weighted by molar-refractivity contribution is -0.136. The van der Waals surface area contributed by atoms with E-state index in [0.717, 1.165) is 6.07 Å². The monoisotopic (exact) mass is 316 g/mol. The Kier molecular flexibility index (Phi) is 5.43. The number of aryl methyl sites for hydroxylation is 1. The Morgan fingerprint density at radius 1 is 1.13 bits per heavy atom. The lowest BCUT2D eigenvalue weighted by Gasteiger charge is -2.16. The van der Waals surface area contributed by atoms with Gasteiger partial charge >= 0.3 is 11.8 Å². The molecule has 2 rings (SSSR count). The number of aliphatic hydroxyl groups is 1. The van der Waals surface area contributed by atoms with Gasteiger partial charge in [0.1, 0.15) is 5.82 Å². The quantitative estimate of drug-likeness (QED) is 0.754. The fraction of sp³-hybridized carbons (Fsp3) is 0.176. The summed E-state index contributed by atoms with van der Waals surface area (Å²) in [5.41, 5.74) is 1.54. The second-order valence-corrected chi connectivity index (χ2v) is 5.03. The van der Waals surface area contributed by atoms with E-state index < -0.39 is 23.7 Å². The van der Waals surface area contributed by atoms with Gasteiger partial charge in [0.2, 0.25) is 0 Å². The molecule has 0 aliphatic heterocycles. The number of amides is 2. The highest BCUT2D eigenvalue weighted by molar-refractivity contribution is 6.39. The van der Waals surface area contributed by atoms with Crippen molar-refractivity contribution in [3.8, 4) is 0 Å². The lowest BCUT2D eigenvalue weighted by atomic mass is 10.1. The van der Waals surface area contributed by atoms with Gasteiger partial charge < -0.3 is 15.7 Å². The predicted molar refractivity (Wildman–Crippen MR) is 84.2 cm³/mol. The zero-order valence-electron chi connectivity index (χ0n) is 12.5. The summed E-state index contributed by atoms with van der Waals surface area (Å²) >= 11 is 0. The van der Waals surface area contributed by atoms with Gasteiger partial charge in [-0.1, -0.05) is 36.4 Å². The number of halogens is 1. The van der Waals surface area contributed by atoms with Crippen molar-refractivity contribution < 1.29 is 19.1 Å². The first kappa shape index (κ1) is 16.6. The highest BCUT2D eigenvalue weighted by atomic mass is 19.1. The van der Waals surface area contributed by atoms with Crippen LogP contribution in [0.2, 0.25) is 0 Å². The zero-order valence-corrected chi connectivity index (χ0v) is 12.5. The van der Waals surface area contributed by atoms with E-state index in [-0.39, 0.29) is 12.3 Å². The Bertz CT molecular complexity index is 704. The summed E-state index contributed by atoms with van der Waals surface area (Å²) < 4.78 is 13.2. The third-order valence-electron chi connectivity index (χ3n) is 3.34. The van der Waals surface area contributed by atoms with E-state index in [2.05, 4.69) is 10.6 Å². The molecule has 0 aromatic heterocycles. The van der Waals surface area contributed by atoms with Crippen LogP contribution < -0.4 is 10.6 Å². The summed E-state index contributed by atoms with van der Waals surface area (Å²) in [5.74, 6) is -2.34. The number of rotatable bonds is 4. The molecule has 0 saturated heterocycles. The van der Waals surface area contributed by atoms with Crippen molar-refractivity contribution in [3.63, 3.8) is 0 Å². The van der Waals surface area contributed by atoms with E-state index in [1.165, 1.54) is 12.1 Å². The molecule has 2 aromatic rings. The molecule has 0 saturated carbocycles. The van der Waals surface area contributed by atoms with Crippen LogP contribution in [0.1, 0.15) is 17.2 Å². The molecule has 5 nitrogen and oxygen atoms in total. The minimum Gasteiger partial charge on any atom is -0.394 e. The van der Waals surface area contributed by atoms with Crippen molar-refractivity contribution in [2.75, 3.05) is 11.9 Å². The topological polar surface area (TPSA) is 78.4 Å². The standard InChI is InChI=1S/C17H17FN2O3/c1-11-7-8-13(18)9-14(11)19-16(22)17(23)20-15(10-21)12-5-3-2-4-6-12/h2-9,15,21H,10H2,1H3,(H,19,22)(H,20,23). The van der Waals surface area contributed by atoms with Crippen LogP contribution >= 0.6 is 0 Å². The second-order valence-electron chi connectivity index (χ2n) is 5.03. The van der Waals surface area contributed by atoms with Crippen LogP contribution in [0.5, 0.6) is 0 Å². The molecule has 120 valence electrons. The van der Waals surface area contributed by atoms with Crippen LogP contribution in [0, 0.1) is 12.7 Å². The molecule has 0 fully saturated rings. The molecule has 2 amide bonds. The van der Waals surface area contributed by atoms with Gasteiger partial charge in [-0.25, -0.2) is 4.39 Å². The van der Waals surface area contributed by atoms with Crippen LogP contribution in [-0.4, -0.2) is 23.5 Å². The van der Waals surface area contributed by atoms with Crippen molar-refractivity contribution in [1.82, 2.24) is 5.32 Å². The molecule has 0 radical (unpaired) electrons. The average Bonchev–Trinajstić information content (AvgIpc) is 2.56. The van der Waals surface area contributed by atoms with Gasteiger partial charge in [0, 0.05) is 5.69 Å². The molecule has 0 spiro atoms. The van der Waals surface area contributed by atoms with E-state index in [1.54, 1.807) is 37.3 Å². The smallest absolute Gasteiger partial charge is 0.313 e. The Balaban J connectivity index is 2.05. The third-order valence-corrected chi connectivity index (χ3v) is 3.34. The first-order chi connectivity index (χ1) is 11.0. The number of carbonyl (C=O) groups is 2. The maximum absolute atomic E-state index is 13.2. The maximum Gasteiger partial charge on any atom is 0.313 e. The fourth-order valence-electron chi connectivity index (χ4n) is 2.05. The fourth-order valence-corrected chi connectivity index (χ4v) is 2.05. The number of carbonyl (C=O) groups excluding carboxylic acids is 2. The molecule has 0 bridgehead atoms. The Morgan fingerprint density at radius 2 is 1.83 bits per heavy atom. The number of anilines is 1. The van der Waals surface area contributed by atoms with Gasteiger partial charge in [0.15, 0.2) is 0 Å². The molecule has 0 heterocycles. The van der Waals surface area contributed by atoms with Gasteiger partial charge in [-0.05, 0) is 30.2 Å². The lowest BCUT2D eigenvalue weighted by Crippen LogP contribution is -2.39. The number of hydrogen-bond donors (Lipinski definition) is 3. The average molecular weight is 316 g/mol. The number of hydrogen-bond acceptors (Lipinski definition) is 3. The van der Waals surface area contributed by atoms with E-state index in [9.17, 15) is 19.1 Å². The first-order valence-electron chi connectivity index (χ1n) is 7.05. The number of aliphatic hydroxyl groups excluding tert-OH is 1. The van der Waals surface area contributed by atoms with E-state index in [0.29, 0.717) is 11.1 Å². The van der Waals surface area contributed by atoms with Gasteiger partial charge in [-0.2, -0.15) is 0 Å². The van der Waals surface area contributed by atoms with Crippen molar-refractivity contribution in [2.45, 2.75) is 13.0 Å². The molecule has 1 atom stereocenters. The van der Waals surface area contributed by atoms with Crippen LogP contribution in [-0.2, 0) is 9.59 Å². The van der Waals surface area contributed by atoms with Crippen molar-refractivity contribution >= 4 is 17.5 Å². The first-order valence-corrected chi connectivity index (χ1v) is 7.05. The predicted octanol–water partition coefficient (Wildman–Crippen LogP) is 1.92. The number of nitrogens with one attached hydrogen (secondary N) is 2. The van der Waals surface area contributed by atoms with Crippen molar-refractivity contribution in [1.29, 1.82) is 0 Å².